The van der Waals surface area contributed by atoms with E-state index in [4.69, 9.17) is 0 Å². The van der Waals surface area contributed by atoms with Gasteiger partial charge in [-0.1, -0.05) is 18.2 Å². The first-order valence-electron chi connectivity index (χ1n) is 5.64. The van der Waals surface area contributed by atoms with Crippen LogP contribution in [0.5, 0.6) is 0 Å². The molecule has 0 unspecified atom stereocenters. The zero-order chi connectivity index (χ0) is 13.0. The second-order valence-corrected chi connectivity index (χ2v) is 5.08. The van der Waals surface area contributed by atoms with Gasteiger partial charge in [0.1, 0.15) is 6.07 Å². The summed E-state index contributed by atoms with van der Waals surface area (Å²) >= 11 is 1.58. The van der Waals surface area contributed by atoms with Crippen molar-refractivity contribution in [3.63, 3.8) is 0 Å². The zero-order valence-electron chi connectivity index (χ0n) is 10.4. The van der Waals surface area contributed by atoms with Gasteiger partial charge in [0.15, 0.2) is 0 Å². The first kappa shape index (κ1) is 12.4. The lowest BCUT2D eigenvalue weighted by atomic mass is 10.1. The van der Waals surface area contributed by atoms with Gasteiger partial charge in [-0.15, -0.1) is 11.3 Å². The van der Waals surface area contributed by atoms with Gasteiger partial charge in [0, 0.05) is 24.7 Å². The van der Waals surface area contributed by atoms with Crippen molar-refractivity contribution in [2.45, 2.75) is 0 Å². The van der Waals surface area contributed by atoms with E-state index in [2.05, 4.69) is 23.1 Å². The highest BCUT2D eigenvalue weighted by molar-refractivity contribution is 7.11. The van der Waals surface area contributed by atoms with Crippen LogP contribution in [-0.4, -0.2) is 14.1 Å². The lowest BCUT2D eigenvalue weighted by Gasteiger charge is -2.11. The summed E-state index contributed by atoms with van der Waals surface area (Å²) in [6, 6.07) is 14.3. The van der Waals surface area contributed by atoms with Crippen molar-refractivity contribution in [2.75, 3.05) is 19.0 Å². The number of hydrogen-bond donors (Lipinski definition) is 0. The molecule has 2 aromatic rings. The minimum Gasteiger partial charge on any atom is -0.378 e. The normalized spacial score (nSPS) is 11.1. The molecule has 0 aliphatic rings. The lowest BCUT2D eigenvalue weighted by molar-refractivity contribution is 1.13. The second-order valence-electron chi connectivity index (χ2n) is 4.13. The molecule has 18 heavy (non-hydrogen) atoms. The first-order chi connectivity index (χ1) is 8.70. The van der Waals surface area contributed by atoms with Crippen LogP contribution in [0.3, 0.4) is 0 Å². The Morgan fingerprint density at radius 3 is 2.44 bits per heavy atom. The van der Waals surface area contributed by atoms with Crippen molar-refractivity contribution in [2.24, 2.45) is 0 Å². The monoisotopic (exact) mass is 254 g/mol. The predicted molar refractivity (Wildman–Crippen MR) is 78.6 cm³/mol. The second kappa shape index (κ2) is 5.52. The summed E-state index contributed by atoms with van der Waals surface area (Å²) in [5, 5.41) is 11.2. The zero-order valence-corrected chi connectivity index (χ0v) is 11.2. The van der Waals surface area contributed by atoms with Gasteiger partial charge in [-0.25, -0.2) is 0 Å². The summed E-state index contributed by atoms with van der Waals surface area (Å²) in [6.45, 7) is 0. The summed E-state index contributed by atoms with van der Waals surface area (Å²) < 4.78 is 0. The Labute approximate surface area is 111 Å². The van der Waals surface area contributed by atoms with E-state index < -0.39 is 0 Å². The van der Waals surface area contributed by atoms with Crippen LogP contribution in [0.25, 0.3) is 11.6 Å². The molecule has 1 aromatic heterocycles. The molecule has 0 spiro atoms. The third-order valence-electron chi connectivity index (χ3n) is 2.63. The molecule has 2 rings (SSSR count). The van der Waals surface area contributed by atoms with E-state index in [9.17, 15) is 5.26 Å². The molecule has 0 N–H and O–H groups in total. The van der Waals surface area contributed by atoms with Crippen molar-refractivity contribution in [1.29, 1.82) is 5.26 Å². The van der Waals surface area contributed by atoms with E-state index in [1.165, 1.54) is 0 Å². The van der Waals surface area contributed by atoms with Crippen molar-refractivity contribution < 1.29 is 0 Å². The smallest absolute Gasteiger partial charge is 0.101 e. The van der Waals surface area contributed by atoms with Crippen molar-refractivity contribution in [3.8, 4) is 6.07 Å². The molecule has 0 aliphatic carbocycles. The first-order valence-corrected chi connectivity index (χ1v) is 6.52. The van der Waals surface area contributed by atoms with E-state index in [-0.39, 0.29) is 0 Å². The third kappa shape index (κ3) is 2.79. The highest BCUT2D eigenvalue weighted by Crippen LogP contribution is 2.23. The molecule has 0 aliphatic heterocycles. The van der Waals surface area contributed by atoms with Crippen LogP contribution in [0.4, 0.5) is 5.69 Å². The average molecular weight is 254 g/mol. The van der Waals surface area contributed by atoms with Crippen LogP contribution in [0.15, 0.2) is 41.8 Å². The minimum absolute atomic E-state index is 0.711. The molecule has 3 heteroatoms. The highest BCUT2D eigenvalue weighted by Gasteiger charge is 2.02. The number of benzene rings is 1. The molecule has 1 aromatic carbocycles. The number of hydrogen-bond acceptors (Lipinski definition) is 3. The SMILES string of the molecule is CN(C)c1ccc(/C=C(\C#N)c2cccs2)cc1. The summed E-state index contributed by atoms with van der Waals surface area (Å²) in [5.74, 6) is 0. The van der Waals surface area contributed by atoms with Gasteiger partial charge < -0.3 is 4.90 Å². The molecule has 0 fully saturated rings. The van der Waals surface area contributed by atoms with Gasteiger partial charge in [-0.3, -0.25) is 0 Å². The topological polar surface area (TPSA) is 27.0 Å². The van der Waals surface area contributed by atoms with Gasteiger partial charge in [0.2, 0.25) is 0 Å². The molecule has 0 atom stereocenters. The summed E-state index contributed by atoms with van der Waals surface area (Å²) in [4.78, 5) is 3.06. The predicted octanol–water partition coefficient (Wildman–Crippen LogP) is 3.88. The van der Waals surface area contributed by atoms with Crippen molar-refractivity contribution >= 4 is 28.7 Å². The standard InChI is InChI=1S/C15H14N2S/c1-17(2)14-7-5-12(6-8-14)10-13(11-16)15-4-3-9-18-15/h3-10H,1-2H3/b13-10+. The fourth-order valence-electron chi connectivity index (χ4n) is 1.63. The maximum absolute atomic E-state index is 9.18. The summed E-state index contributed by atoms with van der Waals surface area (Å²) in [5.41, 5.74) is 2.91. The quantitative estimate of drug-likeness (QED) is 0.777. The van der Waals surface area contributed by atoms with E-state index in [1.807, 2.05) is 49.8 Å². The fourth-order valence-corrected chi connectivity index (χ4v) is 2.32. The van der Waals surface area contributed by atoms with Crippen LogP contribution in [0, 0.1) is 11.3 Å². The van der Waals surface area contributed by atoms with Gasteiger partial charge >= 0.3 is 0 Å². The summed E-state index contributed by atoms with van der Waals surface area (Å²) in [6.07, 6.45) is 1.92. The van der Waals surface area contributed by atoms with Crippen LogP contribution >= 0.6 is 11.3 Å². The fraction of sp³-hybridized carbons (Fsp3) is 0.133. The van der Waals surface area contributed by atoms with E-state index in [1.54, 1.807) is 11.3 Å². The van der Waals surface area contributed by atoms with Crippen LogP contribution in [0.2, 0.25) is 0 Å². The number of nitriles is 1. The third-order valence-corrected chi connectivity index (χ3v) is 3.53. The molecule has 90 valence electrons. The lowest BCUT2D eigenvalue weighted by Crippen LogP contribution is -2.07. The Morgan fingerprint density at radius 2 is 1.94 bits per heavy atom. The Morgan fingerprint density at radius 1 is 1.22 bits per heavy atom. The number of allylic oxidation sites excluding steroid dienone is 1. The van der Waals surface area contributed by atoms with Gasteiger partial charge in [-0.05, 0) is 35.2 Å². The van der Waals surface area contributed by atoms with E-state index in [0.717, 1.165) is 16.1 Å². The summed E-state index contributed by atoms with van der Waals surface area (Å²) in [7, 11) is 4.02. The molecule has 0 bridgehead atoms. The Bertz CT molecular complexity index is 572. The van der Waals surface area contributed by atoms with E-state index in [0.29, 0.717) is 5.57 Å². The highest BCUT2D eigenvalue weighted by atomic mass is 32.1. The van der Waals surface area contributed by atoms with Crippen molar-refractivity contribution in [1.82, 2.24) is 0 Å². The molecular formula is C15H14N2S. The van der Waals surface area contributed by atoms with Crippen molar-refractivity contribution in [3.05, 3.63) is 52.2 Å². The number of anilines is 1. The molecule has 0 radical (unpaired) electrons. The van der Waals surface area contributed by atoms with Gasteiger partial charge in [0.05, 0.1) is 5.57 Å². The maximum Gasteiger partial charge on any atom is 0.101 e. The number of nitrogens with zero attached hydrogens (tertiary/aromatic N) is 2. The average Bonchev–Trinajstić information content (AvgIpc) is 2.90. The molecule has 0 saturated carbocycles. The van der Waals surface area contributed by atoms with Crippen LogP contribution < -0.4 is 4.90 Å². The Kier molecular flexibility index (Phi) is 3.81. The van der Waals surface area contributed by atoms with Gasteiger partial charge in [0.25, 0.3) is 0 Å². The van der Waals surface area contributed by atoms with Crippen LogP contribution in [0.1, 0.15) is 10.4 Å². The maximum atomic E-state index is 9.18. The van der Waals surface area contributed by atoms with E-state index >= 15 is 0 Å². The molecule has 2 nitrogen and oxygen atoms in total. The van der Waals surface area contributed by atoms with Gasteiger partial charge in [-0.2, -0.15) is 5.26 Å². The Balaban J connectivity index is 2.29. The van der Waals surface area contributed by atoms with Crippen LogP contribution in [-0.2, 0) is 0 Å². The Hall–Kier alpha value is -2.05. The molecule has 1 heterocycles. The minimum atomic E-state index is 0.711. The number of thiophene rings is 1. The largest absolute Gasteiger partial charge is 0.378 e. The molecule has 0 saturated heterocycles. The molecule has 0 amide bonds. The molecular weight excluding hydrogens is 240 g/mol. The number of rotatable bonds is 3.